The smallest absolute Gasteiger partial charge is 0.237 e. The van der Waals surface area contributed by atoms with Gasteiger partial charge in [-0.3, -0.25) is 9.69 Å². The number of nitrogens with one attached hydrogen (secondary N) is 1. The van der Waals surface area contributed by atoms with E-state index in [9.17, 15) is 4.79 Å². The van der Waals surface area contributed by atoms with Crippen LogP contribution in [0.1, 0.15) is 52.9 Å². The summed E-state index contributed by atoms with van der Waals surface area (Å²) in [5, 5.41) is 3.35. The molecule has 0 aromatic heterocycles. The minimum atomic E-state index is -0.462. The van der Waals surface area contributed by atoms with Gasteiger partial charge in [0.05, 0.1) is 5.54 Å². The first kappa shape index (κ1) is 14.8. The van der Waals surface area contributed by atoms with Crippen molar-refractivity contribution in [2.75, 3.05) is 13.1 Å². The zero-order chi connectivity index (χ0) is 14.0. The molecule has 0 heterocycles. The first-order valence-corrected chi connectivity index (χ1v) is 7.79. The van der Waals surface area contributed by atoms with Crippen LogP contribution >= 0.6 is 0 Å². The minimum Gasteiger partial charge on any atom is -0.368 e. The molecule has 0 aromatic carbocycles. The average Bonchev–Trinajstić information content (AvgIpc) is 3.06. The standard InChI is InChI=1S/C15H29N3O/c1-4-17-15(14(16)19)8-7-13(9-15)18(11(2)3)10-12-5-6-12/h11-13,17H,4-10H2,1-3H3,(H2,16,19). The molecule has 0 aromatic rings. The van der Waals surface area contributed by atoms with E-state index in [-0.39, 0.29) is 5.91 Å². The normalized spacial score (nSPS) is 31.3. The van der Waals surface area contributed by atoms with Crippen LogP contribution in [0.2, 0.25) is 0 Å². The van der Waals surface area contributed by atoms with E-state index in [0.29, 0.717) is 12.1 Å². The summed E-state index contributed by atoms with van der Waals surface area (Å²) in [5.74, 6) is 0.720. The van der Waals surface area contributed by atoms with Crippen molar-refractivity contribution in [2.24, 2.45) is 11.7 Å². The second kappa shape index (κ2) is 5.80. The number of hydrogen-bond acceptors (Lipinski definition) is 3. The van der Waals surface area contributed by atoms with Gasteiger partial charge in [-0.25, -0.2) is 0 Å². The maximum atomic E-state index is 11.8. The van der Waals surface area contributed by atoms with Gasteiger partial charge >= 0.3 is 0 Å². The number of nitrogens with zero attached hydrogens (tertiary/aromatic N) is 1. The zero-order valence-corrected chi connectivity index (χ0v) is 12.6. The highest BCUT2D eigenvalue weighted by atomic mass is 16.1. The van der Waals surface area contributed by atoms with Gasteiger partial charge in [0, 0.05) is 18.6 Å². The molecule has 2 aliphatic rings. The predicted octanol–water partition coefficient (Wildman–Crippen LogP) is 1.49. The summed E-state index contributed by atoms with van der Waals surface area (Å²) in [7, 11) is 0. The number of nitrogens with two attached hydrogens (primary N) is 1. The molecule has 4 nitrogen and oxygen atoms in total. The number of likely N-dealkylation sites (N-methyl/N-ethyl adjacent to an activating group) is 1. The summed E-state index contributed by atoms with van der Waals surface area (Å²) in [6, 6.07) is 1.06. The fourth-order valence-corrected chi connectivity index (χ4v) is 3.49. The highest BCUT2D eigenvalue weighted by Gasteiger charge is 2.46. The Morgan fingerprint density at radius 3 is 2.58 bits per heavy atom. The van der Waals surface area contributed by atoms with Crippen LogP contribution in [0.25, 0.3) is 0 Å². The van der Waals surface area contributed by atoms with Crippen LogP contribution in [0, 0.1) is 5.92 Å². The van der Waals surface area contributed by atoms with Crippen LogP contribution in [0.5, 0.6) is 0 Å². The summed E-state index contributed by atoms with van der Waals surface area (Å²) in [6.45, 7) is 8.57. The molecule has 0 bridgehead atoms. The van der Waals surface area contributed by atoms with Crippen LogP contribution in [-0.4, -0.2) is 41.5 Å². The lowest BCUT2D eigenvalue weighted by molar-refractivity contribution is -0.124. The van der Waals surface area contributed by atoms with Crippen LogP contribution in [0.4, 0.5) is 0 Å². The second-order valence-corrected chi connectivity index (χ2v) is 6.61. The first-order valence-electron chi connectivity index (χ1n) is 7.79. The largest absolute Gasteiger partial charge is 0.368 e. The molecule has 2 aliphatic carbocycles. The van der Waals surface area contributed by atoms with Crippen molar-refractivity contribution in [3.05, 3.63) is 0 Å². The molecule has 2 fully saturated rings. The third kappa shape index (κ3) is 3.29. The number of carbonyl (C=O) groups is 1. The number of amides is 1. The monoisotopic (exact) mass is 267 g/mol. The molecule has 0 saturated heterocycles. The molecule has 2 atom stereocenters. The Morgan fingerprint density at radius 1 is 1.42 bits per heavy atom. The van der Waals surface area contributed by atoms with Gasteiger partial charge < -0.3 is 11.1 Å². The van der Waals surface area contributed by atoms with Crippen LogP contribution < -0.4 is 11.1 Å². The Labute approximate surface area is 117 Å². The molecule has 110 valence electrons. The van der Waals surface area contributed by atoms with Crippen molar-refractivity contribution in [3.63, 3.8) is 0 Å². The third-order valence-electron chi connectivity index (χ3n) is 4.77. The predicted molar refractivity (Wildman–Crippen MR) is 77.8 cm³/mol. The lowest BCUT2D eigenvalue weighted by Crippen LogP contribution is -2.55. The molecule has 19 heavy (non-hydrogen) atoms. The van der Waals surface area contributed by atoms with Crippen molar-refractivity contribution in [1.82, 2.24) is 10.2 Å². The third-order valence-corrected chi connectivity index (χ3v) is 4.77. The van der Waals surface area contributed by atoms with E-state index in [1.165, 1.54) is 19.4 Å². The summed E-state index contributed by atoms with van der Waals surface area (Å²) in [4.78, 5) is 14.4. The molecular formula is C15H29N3O. The molecule has 0 aliphatic heterocycles. The van der Waals surface area contributed by atoms with Gasteiger partial charge in [-0.2, -0.15) is 0 Å². The molecule has 2 saturated carbocycles. The van der Waals surface area contributed by atoms with Crippen molar-refractivity contribution in [1.29, 1.82) is 0 Å². The lowest BCUT2D eigenvalue weighted by Gasteiger charge is -2.34. The Balaban J connectivity index is 2.02. The van der Waals surface area contributed by atoms with Crippen LogP contribution in [0.15, 0.2) is 0 Å². The van der Waals surface area contributed by atoms with E-state index < -0.39 is 5.54 Å². The maximum Gasteiger partial charge on any atom is 0.237 e. The van der Waals surface area contributed by atoms with E-state index in [1.54, 1.807) is 0 Å². The van der Waals surface area contributed by atoms with E-state index >= 15 is 0 Å². The number of rotatable bonds is 7. The van der Waals surface area contributed by atoms with Gasteiger partial charge in [-0.1, -0.05) is 6.92 Å². The highest BCUT2D eigenvalue weighted by Crippen LogP contribution is 2.37. The van der Waals surface area contributed by atoms with E-state index in [1.807, 2.05) is 6.92 Å². The van der Waals surface area contributed by atoms with Gasteiger partial charge in [-0.15, -0.1) is 0 Å². The van der Waals surface area contributed by atoms with Crippen LogP contribution in [-0.2, 0) is 4.79 Å². The topological polar surface area (TPSA) is 58.4 Å². The number of hydrogen-bond donors (Lipinski definition) is 2. The Hall–Kier alpha value is -0.610. The number of primary amides is 1. The molecule has 0 spiro atoms. The van der Waals surface area contributed by atoms with Crippen molar-refractivity contribution in [3.8, 4) is 0 Å². The molecule has 4 heteroatoms. The lowest BCUT2D eigenvalue weighted by atomic mass is 9.96. The minimum absolute atomic E-state index is 0.174. The Kier molecular flexibility index (Phi) is 4.51. The van der Waals surface area contributed by atoms with Gasteiger partial charge in [0.1, 0.15) is 0 Å². The highest BCUT2D eigenvalue weighted by molar-refractivity contribution is 5.85. The Morgan fingerprint density at radius 2 is 2.11 bits per heavy atom. The fraction of sp³-hybridized carbons (Fsp3) is 0.933. The second-order valence-electron chi connectivity index (χ2n) is 6.61. The van der Waals surface area contributed by atoms with Crippen molar-refractivity contribution < 1.29 is 4.79 Å². The van der Waals surface area contributed by atoms with E-state index in [2.05, 4.69) is 24.1 Å². The molecule has 2 rings (SSSR count). The van der Waals surface area contributed by atoms with Crippen molar-refractivity contribution >= 4 is 5.91 Å². The van der Waals surface area contributed by atoms with Crippen molar-refractivity contribution in [2.45, 2.75) is 70.5 Å². The summed E-state index contributed by atoms with van der Waals surface area (Å²) in [5.41, 5.74) is 5.19. The van der Waals surface area contributed by atoms with Crippen LogP contribution in [0.3, 0.4) is 0 Å². The van der Waals surface area contributed by atoms with E-state index in [0.717, 1.165) is 31.7 Å². The maximum absolute atomic E-state index is 11.8. The summed E-state index contributed by atoms with van der Waals surface area (Å²) < 4.78 is 0. The fourth-order valence-electron chi connectivity index (χ4n) is 3.49. The average molecular weight is 267 g/mol. The van der Waals surface area contributed by atoms with Gasteiger partial charge in [0.25, 0.3) is 0 Å². The summed E-state index contributed by atoms with van der Waals surface area (Å²) in [6.07, 6.45) is 5.60. The molecular weight excluding hydrogens is 238 g/mol. The quantitative estimate of drug-likeness (QED) is 0.735. The number of carbonyl (C=O) groups excluding carboxylic acids is 1. The molecule has 2 unspecified atom stereocenters. The summed E-state index contributed by atoms with van der Waals surface area (Å²) >= 11 is 0. The van der Waals surface area contributed by atoms with Gasteiger partial charge in [0.15, 0.2) is 0 Å². The molecule has 1 amide bonds. The SMILES string of the molecule is CCNC1(C(N)=O)CCC(N(CC2CC2)C(C)C)C1. The first-order chi connectivity index (χ1) is 8.98. The van der Waals surface area contributed by atoms with E-state index in [4.69, 9.17) is 5.73 Å². The van der Waals surface area contributed by atoms with Gasteiger partial charge in [0.2, 0.25) is 5.91 Å². The van der Waals surface area contributed by atoms with Gasteiger partial charge in [-0.05, 0) is 58.4 Å². The molecule has 3 N–H and O–H groups in total. The molecule has 0 radical (unpaired) electrons. The zero-order valence-electron chi connectivity index (χ0n) is 12.6. The Bertz CT molecular complexity index is 327.